The molecular weight excluding hydrogens is 367 g/mol. The molecule has 0 saturated heterocycles. The van der Waals surface area contributed by atoms with E-state index < -0.39 is 0 Å². The van der Waals surface area contributed by atoms with Gasteiger partial charge in [-0.05, 0) is 111 Å². The van der Waals surface area contributed by atoms with Crippen molar-refractivity contribution in [1.29, 1.82) is 0 Å². The van der Waals surface area contributed by atoms with Crippen molar-refractivity contribution in [2.24, 2.45) is 17.8 Å². The van der Waals surface area contributed by atoms with Gasteiger partial charge in [-0.25, -0.2) is 4.39 Å². The van der Waals surface area contributed by atoms with Gasteiger partial charge in [0.1, 0.15) is 5.82 Å². The Kier molecular flexibility index (Phi) is 7.08. The molecule has 0 N–H and O–H groups in total. The van der Waals surface area contributed by atoms with Crippen LogP contribution in [0.5, 0.6) is 0 Å². The Balaban J connectivity index is 1.39. The van der Waals surface area contributed by atoms with Gasteiger partial charge in [0.15, 0.2) is 0 Å². The predicted molar refractivity (Wildman–Crippen MR) is 127 cm³/mol. The minimum absolute atomic E-state index is 0.0256. The van der Waals surface area contributed by atoms with E-state index in [0.29, 0.717) is 5.92 Å². The number of aryl methyl sites for hydroxylation is 1. The van der Waals surface area contributed by atoms with Crippen LogP contribution in [0.2, 0.25) is 0 Å². The standard InChI is InChI=1S/C29H37F/c1-3-5-6-7-25-16-17-27-20-26(18-19-28(27)29(25)30)24-14-12-23(13-15-24)22-10-8-21(4-2)9-11-22/h3-5,16-24H,2,6-15H2,1H3/b5-3+. The van der Waals surface area contributed by atoms with Crippen LogP contribution in [0.15, 0.2) is 55.1 Å². The van der Waals surface area contributed by atoms with E-state index in [1.54, 1.807) is 0 Å². The summed E-state index contributed by atoms with van der Waals surface area (Å²) in [5.41, 5.74) is 2.25. The minimum atomic E-state index is -0.0256. The number of allylic oxidation sites excluding steroid dienone is 3. The number of halogens is 1. The van der Waals surface area contributed by atoms with Crippen LogP contribution in [0.3, 0.4) is 0 Å². The van der Waals surface area contributed by atoms with Gasteiger partial charge in [0.25, 0.3) is 0 Å². The zero-order valence-electron chi connectivity index (χ0n) is 18.6. The topological polar surface area (TPSA) is 0 Å². The quantitative estimate of drug-likeness (QED) is 0.422. The average Bonchev–Trinajstić information content (AvgIpc) is 2.81. The highest BCUT2D eigenvalue weighted by molar-refractivity contribution is 5.84. The lowest BCUT2D eigenvalue weighted by Crippen LogP contribution is -2.25. The zero-order valence-corrected chi connectivity index (χ0v) is 18.6. The molecule has 0 nitrogen and oxygen atoms in total. The molecule has 0 radical (unpaired) electrons. The van der Waals surface area contributed by atoms with Crippen LogP contribution in [0, 0.1) is 23.6 Å². The second-order valence-corrected chi connectivity index (χ2v) is 9.65. The summed E-state index contributed by atoms with van der Waals surface area (Å²) in [5, 5.41) is 1.84. The average molecular weight is 405 g/mol. The van der Waals surface area contributed by atoms with Gasteiger partial charge in [0.2, 0.25) is 0 Å². The number of benzene rings is 2. The van der Waals surface area contributed by atoms with Crippen LogP contribution in [0.4, 0.5) is 4.39 Å². The summed E-state index contributed by atoms with van der Waals surface area (Å²) >= 11 is 0. The van der Waals surface area contributed by atoms with Gasteiger partial charge in [-0.2, -0.15) is 0 Å². The smallest absolute Gasteiger partial charge is 0.134 e. The molecular formula is C29H37F. The lowest BCUT2D eigenvalue weighted by molar-refractivity contribution is 0.171. The second kappa shape index (κ2) is 9.94. The summed E-state index contributed by atoms with van der Waals surface area (Å²) in [6.45, 7) is 6.00. The largest absolute Gasteiger partial charge is 0.206 e. The molecule has 2 aliphatic carbocycles. The maximum atomic E-state index is 15.0. The van der Waals surface area contributed by atoms with Gasteiger partial charge in [0, 0.05) is 5.39 Å². The second-order valence-electron chi connectivity index (χ2n) is 9.65. The fraction of sp³-hybridized carbons (Fsp3) is 0.517. The van der Waals surface area contributed by atoms with Crippen LogP contribution in [0.25, 0.3) is 10.8 Å². The Labute approximate surface area is 182 Å². The first kappa shape index (κ1) is 21.3. The lowest BCUT2D eigenvalue weighted by Gasteiger charge is -2.37. The first-order chi connectivity index (χ1) is 14.7. The van der Waals surface area contributed by atoms with E-state index in [9.17, 15) is 4.39 Å². The number of fused-ring (bicyclic) bond motifs is 1. The number of hydrogen-bond acceptors (Lipinski definition) is 0. The van der Waals surface area contributed by atoms with Crippen molar-refractivity contribution in [2.45, 2.75) is 77.0 Å². The van der Waals surface area contributed by atoms with E-state index in [-0.39, 0.29) is 5.82 Å². The van der Waals surface area contributed by atoms with Crippen molar-refractivity contribution in [3.05, 3.63) is 72.1 Å². The summed E-state index contributed by atoms with van der Waals surface area (Å²) in [7, 11) is 0. The molecule has 160 valence electrons. The van der Waals surface area contributed by atoms with Gasteiger partial charge in [-0.3, -0.25) is 0 Å². The molecule has 4 rings (SSSR count). The lowest BCUT2D eigenvalue weighted by atomic mass is 9.68. The maximum Gasteiger partial charge on any atom is 0.134 e. The van der Waals surface area contributed by atoms with E-state index in [4.69, 9.17) is 0 Å². The summed E-state index contributed by atoms with van der Waals surface area (Å²) in [6, 6.07) is 10.6. The van der Waals surface area contributed by atoms with E-state index in [1.165, 1.54) is 56.9 Å². The van der Waals surface area contributed by atoms with Gasteiger partial charge < -0.3 is 0 Å². The predicted octanol–water partition coefficient (Wildman–Crippen LogP) is 8.75. The third-order valence-electron chi connectivity index (χ3n) is 7.93. The Morgan fingerprint density at radius 2 is 1.63 bits per heavy atom. The molecule has 0 aliphatic heterocycles. The minimum Gasteiger partial charge on any atom is -0.206 e. The molecule has 30 heavy (non-hydrogen) atoms. The van der Waals surface area contributed by atoms with Gasteiger partial charge in [-0.15, -0.1) is 6.58 Å². The van der Waals surface area contributed by atoms with E-state index in [0.717, 1.165) is 46.9 Å². The molecule has 0 amide bonds. The highest BCUT2D eigenvalue weighted by Crippen LogP contribution is 2.44. The molecule has 2 fully saturated rings. The Hall–Kier alpha value is -1.89. The van der Waals surface area contributed by atoms with Gasteiger partial charge in [0.05, 0.1) is 0 Å². The fourth-order valence-corrected chi connectivity index (χ4v) is 5.98. The third kappa shape index (κ3) is 4.71. The molecule has 0 aromatic heterocycles. The summed E-state index contributed by atoms with van der Waals surface area (Å²) in [4.78, 5) is 0. The Bertz CT molecular complexity index is 877. The number of hydrogen-bond donors (Lipinski definition) is 0. The highest BCUT2D eigenvalue weighted by atomic mass is 19.1. The molecule has 0 bridgehead atoms. The fourth-order valence-electron chi connectivity index (χ4n) is 5.98. The van der Waals surface area contributed by atoms with Crippen LogP contribution < -0.4 is 0 Å². The number of rotatable bonds is 6. The molecule has 2 aromatic carbocycles. The molecule has 0 heterocycles. The van der Waals surface area contributed by atoms with Gasteiger partial charge >= 0.3 is 0 Å². The monoisotopic (exact) mass is 404 g/mol. The van der Waals surface area contributed by atoms with E-state index in [1.807, 2.05) is 25.1 Å². The molecule has 0 unspecified atom stereocenters. The zero-order chi connectivity index (χ0) is 20.9. The van der Waals surface area contributed by atoms with E-state index in [2.05, 4.69) is 36.9 Å². The van der Waals surface area contributed by atoms with E-state index >= 15 is 0 Å². The van der Waals surface area contributed by atoms with Crippen molar-refractivity contribution >= 4 is 10.8 Å². The third-order valence-corrected chi connectivity index (χ3v) is 7.93. The van der Waals surface area contributed by atoms with Crippen molar-refractivity contribution in [3.8, 4) is 0 Å². The van der Waals surface area contributed by atoms with Crippen LogP contribution in [-0.2, 0) is 6.42 Å². The first-order valence-electron chi connectivity index (χ1n) is 12.1. The van der Waals surface area contributed by atoms with Crippen molar-refractivity contribution < 1.29 is 4.39 Å². The van der Waals surface area contributed by atoms with Crippen LogP contribution in [0.1, 0.15) is 81.8 Å². The molecule has 2 saturated carbocycles. The maximum absolute atomic E-state index is 15.0. The summed E-state index contributed by atoms with van der Waals surface area (Å²) < 4.78 is 15.0. The molecule has 0 atom stereocenters. The Morgan fingerprint density at radius 3 is 2.30 bits per heavy atom. The first-order valence-corrected chi connectivity index (χ1v) is 12.1. The van der Waals surface area contributed by atoms with Crippen LogP contribution in [-0.4, -0.2) is 0 Å². The SMILES string of the molecule is C=CC1CCC(C2CCC(c3ccc4c(F)c(CC/C=C/C)ccc4c3)CC2)CC1. The molecule has 2 aromatic rings. The molecule has 1 heteroatoms. The molecule has 2 aliphatic rings. The van der Waals surface area contributed by atoms with Crippen molar-refractivity contribution in [2.75, 3.05) is 0 Å². The molecule has 0 spiro atoms. The normalized spacial score (nSPS) is 27.5. The van der Waals surface area contributed by atoms with Crippen LogP contribution >= 0.6 is 0 Å². The highest BCUT2D eigenvalue weighted by Gasteiger charge is 2.30. The van der Waals surface area contributed by atoms with Crippen molar-refractivity contribution in [3.63, 3.8) is 0 Å². The van der Waals surface area contributed by atoms with Gasteiger partial charge in [-0.1, -0.05) is 48.6 Å². The summed E-state index contributed by atoms with van der Waals surface area (Å²) in [6.07, 6.45) is 18.8. The van der Waals surface area contributed by atoms with Crippen molar-refractivity contribution in [1.82, 2.24) is 0 Å². The summed E-state index contributed by atoms with van der Waals surface area (Å²) in [5.74, 6) is 3.24. The Morgan fingerprint density at radius 1 is 0.933 bits per heavy atom.